The van der Waals surface area contributed by atoms with Crippen LogP contribution in [0.4, 0.5) is 0 Å². The number of aromatic amines is 1. The first-order chi connectivity index (χ1) is 9.11. The lowest BCUT2D eigenvalue weighted by Crippen LogP contribution is -2.52. The SMILES string of the molecule is CCCC(NC(=O)C1Cc2nc[nH]c2CN1)C(=O)O. The molecular weight excluding hydrogens is 248 g/mol. The van der Waals surface area contributed by atoms with E-state index in [1.165, 1.54) is 0 Å². The zero-order chi connectivity index (χ0) is 13.8. The molecule has 0 saturated heterocycles. The third-order valence-electron chi connectivity index (χ3n) is 3.24. The summed E-state index contributed by atoms with van der Waals surface area (Å²) in [5.41, 5.74) is 1.84. The van der Waals surface area contributed by atoms with Gasteiger partial charge in [-0.1, -0.05) is 13.3 Å². The van der Waals surface area contributed by atoms with Gasteiger partial charge in [0.2, 0.25) is 5.91 Å². The number of amides is 1. The highest BCUT2D eigenvalue weighted by atomic mass is 16.4. The van der Waals surface area contributed by atoms with Crippen molar-refractivity contribution >= 4 is 11.9 Å². The highest BCUT2D eigenvalue weighted by Gasteiger charge is 2.28. The molecule has 1 aliphatic heterocycles. The molecule has 0 radical (unpaired) electrons. The number of carbonyl (C=O) groups excluding carboxylic acids is 1. The third kappa shape index (κ3) is 3.11. The van der Waals surface area contributed by atoms with E-state index in [1.54, 1.807) is 6.33 Å². The Bertz CT molecular complexity index is 471. The summed E-state index contributed by atoms with van der Waals surface area (Å²) in [5.74, 6) is -1.28. The lowest BCUT2D eigenvalue weighted by atomic mass is 10.0. The van der Waals surface area contributed by atoms with Crippen LogP contribution in [0.15, 0.2) is 6.33 Å². The lowest BCUT2D eigenvalue weighted by Gasteiger charge is -2.24. The first-order valence-corrected chi connectivity index (χ1v) is 6.39. The third-order valence-corrected chi connectivity index (χ3v) is 3.24. The standard InChI is InChI=1S/C12H18N4O3/c1-2-3-7(12(18)19)16-11(17)9-4-8-10(5-13-9)15-6-14-8/h6-7,9,13H,2-5H2,1H3,(H,14,15)(H,16,17)(H,18,19). The lowest BCUT2D eigenvalue weighted by molar-refractivity contribution is -0.142. The number of hydrogen-bond acceptors (Lipinski definition) is 4. The Morgan fingerprint density at radius 2 is 2.42 bits per heavy atom. The number of nitrogens with zero attached hydrogens (tertiary/aromatic N) is 1. The molecule has 2 atom stereocenters. The minimum absolute atomic E-state index is 0.283. The van der Waals surface area contributed by atoms with Gasteiger partial charge in [-0.2, -0.15) is 0 Å². The van der Waals surface area contributed by atoms with E-state index < -0.39 is 18.1 Å². The normalized spacial score (nSPS) is 19.5. The summed E-state index contributed by atoms with van der Waals surface area (Å²) in [7, 11) is 0. The van der Waals surface area contributed by atoms with Gasteiger partial charge in [0.05, 0.1) is 23.8 Å². The van der Waals surface area contributed by atoms with Crippen LogP contribution in [0.5, 0.6) is 0 Å². The molecule has 0 fully saturated rings. The molecule has 2 heterocycles. The van der Waals surface area contributed by atoms with Crippen molar-refractivity contribution in [3.63, 3.8) is 0 Å². The van der Waals surface area contributed by atoms with Crippen LogP contribution >= 0.6 is 0 Å². The van der Waals surface area contributed by atoms with Crippen LogP contribution < -0.4 is 10.6 Å². The summed E-state index contributed by atoms with van der Waals surface area (Å²) >= 11 is 0. The second-order valence-corrected chi connectivity index (χ2v) is 4.65. The van der Waals surface area contributed by atoms with Crippen LogP contribution in [0.3, 0.4) is 0 Å². The topological polar surface area (TPSA) is 107 Å². The number of carbonyl (C=O) groups is 2. The molecule has 0 saturated carbocycles. The van der Waals surface area contributed by atoms with E-state index in [9.17, 15) is 9.59 Å². The Morgan fingerprint density at radius 3 is 3.11 bits per heavy atom. The van der Waals surface area contributed by atoms with Gasteiger partial charge in [0.15, 0.2) is 0 Å². The van der Waals surface area contributed by atoms with Crippen molar-refractivity contribution < 1.29 is 14.7 Å². The monoisotopic (exact) mass is 266 g/mol. The molecule has 2 rings (SSSR count). The van der Waals surface area contributed by atoms with Gasteiger partial charge in [-0.3, -0.25) is 10.1 Å². The molecule has 7 nitrogen and oxygen atoms in total. The van der Waals surface area contributed by atoms with Crippen LogP contribution in [0.2, 0.25) is 0 Å². The number of nitrogens with one attached hydrogen (secondary N) is 3. The van der Waals surface area contributed by atoms with E-state index in [2.05, 4.69) is 20.6 Å². The fraction of sp³-hybridized carbons (Fsp3) is 0.583. The summed E-state index contributed by atoms with van der Waals surface area (Å²) < 4.78 is 0. The average molecular weight is 266 g/mol. The van der Waals surface area contributed by atoms with E-state index in [0.717, 1.165) is 11.4 Å². The van der Waals surface area contributed by atoms with Gasteiger partial charge in [-0.25, -0.2) is 9.78 Å². The van der Waals surface area contributed by atoms with Gasteiger partial charge in [-0.05, 0) is 6.42 Å². The first-order valence-electron chi connectivity index (χ1n) is 6.39. The molecule has 0 aliphatic carbocycles. The van der Waals surface area contributed by atoms with E-state index >= 15 is 0 Å². The Hall–Kier alpha value is -1.89. The highest BCUT2D eigenvalue weighted by Crippen LogP contribution is 2.12. The van der Waals surface area contributed by atoms with Crippen LogP contribution in [0.1, 0.15) is 31.2 Å². The Morgan fingerprint density at radius 1 is 1.63 bits per heavy atom. The highest BCUT2D eigenvalue weighted by molar-refractivity contribution is 5.87. The van der Waals surface area contributed by atoms with E-state index in [1.807, 2.05) is 6.92 Å². The van der Waals surface area contributed by atoms with E-state index in [0.29, 0.717) is 25.8 Å². The van der Waals surface area contributed by atoms with Gasteiger partial charge in [0.25, 0.3) is 0 Å². The molecule has 1 aromatic rings. The van der Waals surface area contributed by atoms with Crippen molar-refractivity contribution in [2.45, 2.75) is 44.8 Å². The number of aromatic nitrogens is 2. The van der Waals surface area contributed by atoms with Crippen LogP contribution in [-0.4, -0.2) is 39.0 Å². The van der Waals surface area contributed by atoms with Crippen LogP contribution in [0, 0.1) is 0 Å². The molecule has 1 amide bonds. The minimum atomic E-state index is -0.994. The summed E-state index contributed by atoms with van der Waals surface area (Å²) in [4.78, 5) is 30.2. The molecule has 104 valence electrons. The quantitative estimate of drug-likeness (QED) is 0.590. The van der Waals surface area contributed by atoms with Gasteiger partial charge in [0, 0.05) is 13.0 Å². The summed E-state index contributed by atoms with van der Waals surface area (Å²) in [6.07, 6.45) is 3.22. The number of carboxylic acids is 1. The first kappa shape index (κ1) is 13.5. The fourth-order valence-corrected chi connectivity index (χ4v) is 2.17. The zero-order valence-corrected chi connectivity index (χ0v) is 10.8. The smallest absolute Gasteiger partial charge is 0.326 e. The molecular formula is C12H18N4O3. The average Bonchev–Trinajstić information content (AvgIpc) is 2.85. The number of carboxylic acid groups (broad SMARTS) is 1. The van der Waals surface area contributed by atoms with Crippen LogP contribution in [0.25, 0.3) is 0 Å². The van der Waals surface area contributed by atoms with Gasteiger partial charge in [0.1, 0.15) is 6.04 Å². The zero-order valence-electron chi connectivity index (χ0n) is 10.8. The van der Waals surface area contributed by atoms with Gasteiger partial charge in [-0.15, -0.1) is 0 Å². The van der Waals surface area contributed by atoms with Gasteiger partial charge < -0.3 is 15.4 Å². The molecule has 1 aliphatic rings. The Kier molecular flexibility index (Phi) is 4.16. The van der Waals surface area contributed by atoms with E-state index in [-0.39, 0.29) is 5.91 Å². The fourth-order valence-electron chi connectivity index (χ4n) is 2.17. The molecule has 0 aromatic carbocycles. The Labute approximate surface area is 110 Å². The number of rotatable bonds is 5. The molecule has 7 heteroatoms. The van der Waals surface area contributed by atoms with Crippen molar-refractivity contribution in [1.82, 2.24) is 20.6 Å². The second kappa shape index (κ2) is 5.83. The molecule has 1 aromatic heterocycles. The number of aliphatic carboxylic acids is 1. The molecule has 19 heavy (non-hydrogen) atoms. The van der Waals surface area contributed by atoms with Crippen molar-refractivity contribution in [3.8, 4) is 0 Å². The summed E-state index contributed by atoms with van der Waals surface area (Å²) in [6, 6.07) is -1.24. The number of hydrogen-bond donors (Lipinski definition) is 4. The number of fused-ring (bicyclic) bond motifs is 1. The minimum Gasteiger partial charge on any atom is -0.480 e. The predicted molar refractivity (Wildman–Crippen MR) is 67.4 cm³/mol. The van der Waals surface area contributed by atoms with Crippen LogP contribution in [-0.2, 0) is 22.6 Å². The molecule has 0 bridgehead atoms. The largest absolute Gasteiger partial charge is 0.480 e. The maximum Gasteiger partial charge on any atom is 0.326 e. The summed E-state index contributed by atoms with van der Waals surface area (Å²) in [5, 5.41) is 14.7. The maximum atomic E-state index is 12.0. The van der Waals surface area contributed by atoms with Crippen molar-refractivity contribution in [2.75, 3.05) is 0 Å². The summed E-state index contributed by atoms with van der Waals surface area (Å²) in [6.45, 7) is 2.43. The van der Waals surface area contributed by atoms with Gasteiger partial charge >= 0.3 is 5.97 Å². The van der Waals surface area contributed by atoms with Crippen molar-refractivity contribution in [2.24, 2.45) is 0 Å². The predicted octanol–water partition coefficient (Wildman–Crippen LogP) is -0.206. The van der Waals surface area contributed by atoms with Crippen molar-refractivity contribution in [3.05, 3.63) is 17.7 Å². The molecule has 2 unspecified atom stereocenters. The molecule has 4 N–H and O–H groups in total. The number of imidazole rings is 1. The Balaban J connectivity index is 1.95. The maximum absolute atomic E-state index is 12.0. The second-order valence-electron chi connectivity index (χ2n) is 4.65. The number of H-pyrrole nitrogens is 1. The van der Waals surface area contributed by atoms with Crippen molar-refractivity contribution in [1.29, 1.82) is 0 Å². The molecule has 0 spiro atoms. The van der Waals surface area contributed by atoms with E-state index in [4.69, 9.17) is 5.11 Å².